The van der Waals surface area contributed by atoms with Crippen LogP contribution in [0.25, 0.3) is 0 Å². The highest BCUT2D eigenvalue weighted by Gasteiger charge is 2.25. The van der Waals surface area contributed by atoms with Gasteiger partial charge in [0, 0.05) is 11.4 Å². The Hall–Kier alpha value is -1.55. The average molecular weight is 177 g/mol. The molecule has 4 nitrogen and oxygen atoms in total. The molecule has 0 saturated heterocycles. The molecule has 0 spiro atoms. The van der Waals surface area contributed by atoms with Crippen molar-refractivity contribution in [3.8, 4) is 0 Å². The highest BCUT2D eigenvalue weighted by atomic mass is 16.2. The van der Waals surface area contributed by atoms with Crippen LogP contribution in [0.5, 0.6) is 0 Å². The summed E-state index contributed by atoms with van der Waals surface area (Å²) in [5.74, 6) is 0.0445. The van der Waals surface area contributed by atoms with Gasteiger partial charge in [-0.05, 0) is 23.8 Å². The van der Waals surface area contributed by atoms with Gasteiger partial charge in [-0.25, -0.2) is 0 Å². The second-order valence-electron chi connectivity index (χ2n) is 3.07. The van der Waals surface area contributed by atoms with Crippen molar-refractivity contribution in [2.75, 3.05) is 17.3 Å². The predicted molar refractivity (Wildman–Crippen MR) is 51.1 cm³/mol. The summed E-state index contributed by atoms with van der Waals surface area (Å²) >= 11 is 0. The lowest BCUT2D eigenvalue weighted by atomic mass is 10.1. The van der Waals surface area contributed by atoms with Crippen LogP contribution in [-0.4, -0.2) is 12.6 Å². The number of amides is 1. The number of rotatable bonds is 1. The minimum atomic E-state index is 0.0445. The van der Waals surface area contributed by atoms with Crippen LogP contribution in [0, 0.1) is 0 Å². The molecule has 1 aromatic rings. The summed E-state index contributed by atoms with van der Waals surface area (Å²) in [6, 6.07) is 5.44. The van der Waals surface area contributed by atoms with Crippen LogP contribution in [0.4, 0.5) is 11.4 Å². The van der Waals surface area contributed by atoms with Crippen LogP contribution in [0.3, 0.4) is 0 Å². The second kappa shape index (κ2) is 2.74. The molecule has 0 aromatic heterocycles. The molecule has 2 rings (SSSR count). The number of hydrogen-bond donors (Lipinski definition) is 2. The van der Waals surface area contributed by atoms with Gasteiger partial charge in [-0.3, -0.25) is 9.69 Å². The topological polar surface area (TPSA) is 72.3 Å². The number of nitrogen functional groups attached to an aromatic ring is 1. The maximum absolute atomic E-state index is 11.4. The first-order valence-electron chi connectivity index (χ1n) is 4.11. The number of benzene rings is 1. The second-order valence-corrected chi connectivity index (χ2v) is 3.07. The zero-order valence-electron chi connectivity index (χ0n) is 7.16. The number of nitrogens with two attached hydrogens (primary N) is 2. The van der Waals surface area contributed by atoms with Crippen LogP contribution >= 0.6 is 0 Å². The molecule has 4 N–H and O–H groups in total. The Balaban J connectivity index is 2.48. The van der Waals surface area contributed by atoms with Crippen molar-refractivity contribution < 1.29 is 4.79 Å². The smallest absolute Gasteiger partial charge is 0.232 e. The lowest BCUT2D eigenvalue weighted by Gasteiger charge is -2.13. The average Bonchev–Trinajstić information content (AvgIpc) is 2.39. The van der Waals surface area contributed by atoms with Gasteiger partial charge in [-0.15, -0.1) is 0 Å². The summed E-state index contributed by atoms with van der Waals surface area (Å²) in [6.45, 7) is 0.232. The summed E-state index contributed by atoms with van der Waals surface area (Å²) < 4.78 is 0. The Kier molecular flexibility index (Phi) is 1.70. The van der Waals surface area contributed by atoms with Crippen molar-refractivity contribution >= 4 is 17.3 Å². The summed E-state index contributed by atoms with van der Waals surface area (Å²) in [7, 11) is 0. The molecule has 0 bridgehead atoms. The van der Waals surface area contributed by atoms with E-state index in [0.29, 0.717) is 12.1 Å². The van der Waals surface area contributed by atoms with E-state index in [2.05, 4.69) is 0 Å². The van der Waals surface area contributed by atoms with Gasteiger partial charge in [0.15, 0.2) is 0 Å². The number of carbonyl (C=O) groups excluding carboxylic acids is 1. The fraction of sp³-hybridized carbons (Fsp3) is 0.222. The van der Waals surface area contributed by atoms with Gasteiger partial charge in [-0.1, -0.05) is 0 Å². The van der Waals surface area contributed by atoms with E-state index in [4.69, 9.17) is 11.5 Å². The first kappa shape index (κ1) is 8.07. The molecular formula is C9H11N3O. The van der Waals surface area contributed by atoms with Gasteiger partial charge in [0.2, 0.25) is 5.91 Å². The SMILES string of the molecule is NCN1C(=O)Cc2cc(N)ccc21. The normalized spacial score (nSPS) is 14.8. The Morgan fingerprint density at radius 3 is 2.92 bits per heavy atom. The van der Waals surface area contributed by atoms with Crippen LogP contribution in [0.1, 0.15) is 5.56 Å². The quantitative estimate of drug-likeness (QED) is 0.596. The summed E-state index contributed by atoms with van der Waals surface area (Å²) in [5.41, 5.74) is 13.6. The lowest BCUT2D eigenvalue weighted by Crippen LogP contribution is -2.32. The number of nitrogens with zero attached hydrogens (tertiary/aromatic N) is 1. The third-order valence-corrected chi connectivity index (χ3v) is 2.22. The third-order valence-electron chi connectivity index (χ3n) is 2.22. The molecule has 13 heavy (non-hydrogen) atoms. The van der Waals surface area contributed by atoms with Crippen LogP contribution < -0.4 is 16.4 Å². The van der Waals surface area contributed by atoms with Crippen LogP contribution in [0.15, 0.2) is 18.2 Å². The van der Waals surface area contributed by atoms with E-state index in [0.717, 1.165) is 11.3 Å². The van der Waals surface area contributed by atoms with Gasteiger partial charge in [0.05, 0.1) is 13.1 Å². The Morgan fingerprint density at radius 2 is 2.23 bits per heavy atom. The fourth-order valence-corrected chi connectivity index (χ4v) is 1.60. The van der Waals surface area contributed by atoms with Crippen molar-refractivity contribution in [2.45, 2.75) is 6.42 Å². The first-order chi connectivity index (χ1) is 6.22. The highest BCUT2D eigenvalue weighted by Crippen LogP contribution is 2.29. The number of carbonyl (C=O) groups is 1. The first-order valence-corrected chi connectivity index (χ1v) is 4.11. The van der Waals surface area contributed by atoms with E-state index < -0.39 is 0 Å². The molecule has 68 valence electrons. The van der Waals surface area contributed by atoms with Gasteiger partial charge in [0.1, 0.15) is 0 Å². The molecule has 1 aromatic carbocycles. The molecule has 4 heteroatoms. The Labute approximate surface area is 76.1 Å². The maximum Gasteiger partial charge on any atom is 0.232 e. The molecule has 1 aliphatic heterocycles. The minimum absolute atomic E-state index is 0.0445. The number of hydrogen-bond acceptors (Lipinski definition) is 3. The summed E-state index contributed by atoms with van der Waals surface area (Å²) in [5, 5.41) is 0. The third kappa shape index (κ3) is 1.15. The molecule has 1 heterocycles. The largest absolute Gasteiger partial charge is 0.399 e. The molecular weight excluding hydrogens is 166 g/mol. The van der Waals surface area contributed by atoms with E-state index in [-0.39, 0.29) is 12.6 Å². The molecule has 0 radical (unpaired) electrons. The molecule has 1 aliphatic rings. The molecule has 0 unspecified atom stereocenters. The van der Waals surface area contributed by atoms with Crippen molar-refractivity contribution in [1.82, 2.24) is 0 Å². The summed E-state index contributed by atoms with van der Waals surface area (Å²) in [4.78, 5) is 12.9. The standard InChI is InChI=1S/C9H11N3O/c10-5-12-8-2-1-7(11)3-6(8)4-9(12)13/h1-3H,4-5,10-11H2. The van der Waals surface area contributed by atoms with E-state index in [1.807, 2.05) is 12.1 Å². The van der Waals surface area contributed by atoms with Gasteiger partial charge < -0.3 is 11.5 Å². The van der Waals surface area contributed by atoms with Crippen molar-refractivity contribution in [3.63, 3.8) is 0 Å². The molecule has 0 aliphatic carbocycles. The highest BCUT2D eigenvalue weighted by molar-refractivity contribution is 6.01. The van der Waals surface area contributed by atoms with Crippen molar-refractivity contribution in [2.24, 2.45) is 5.73 Å². The number of fused-ring (bicyclic) bond motifs is 1. The number of anilines is 2. The van der Waals surface area contributed by atoms with Crippen molar-refractivity contribution in [1.29, 1.82) is 0 Å². The maximum atomic E-state index is 11.4. The zero-order valence-corrected chi connectivity index (χ0v) is 7.16. The molecule has 0 saturated carbocycles. The van der Waals surface area contributed by atoms with E-state index in [1.54, 1.807) is 11.0 Å². The van der Waals surface area contributed by atoms with Crippen LogP contribution in [0.2, 0.25) is 0 Å². The predicted octanol–water partition coefficient (Wildman–Crippen LogP) is 0.0741. The van der Waals surface area contributed by atoms with Gasteiger partial charge >= 0.3 is 0 Å². The summed E-state index contributed by atoms with van der Waals surface area (Å²) in [6.07, 6.45) is 0.414. The van der Waals surface area contributed by atoms with Crippen LogP contribution in [-0.2, 0) is 11.2 Å². The molecule has 0 fully saturated rings. The van der Waals surface area contributed by atoms with E-state index >= 15 is 0 Å². The van der Waals surface area contributed by atoms with E-state index in [9.17, 15) is 4.79 Å². The zero-order chi connectivity index (χ0) is 9.42. The fourth-order valence-electron chi connectivity index (χ4n) is 1.60. The van der Waals surface area contributed by atoms with Gasteiger partial charge in [0.25, 0.3) is 0 Å². The van der Waals surface area contributed by atoms with E-state index in [1.165, 1.54) is 0 Å². The lowest BCUT2D eigenvalue weighted by molar-refractivity contribution is -0.117. The minimum Gasteiger partial charge on any atom is -0.399 e. The molecule has 1 amide bonds. The Morgan fingerprint density at radius 1 is 1.46 bits per heavy atom. The monoisotopic (exact) mass is 177 g/mol. The Bertz CT molecular complexity index is 362. The van der Waals surface area contributed by atoms with Gasteiger partial charge in [-0.2, -0.15) is 0 Å². The van der Waals surface area contributed by atoms with Crippen molar-refractivity contribution in [3.05, 3.63) is 23.8 Å². The molecule has 0 atom stereocenters.